The standard InChI is InChI=1S/C12H15NO3S/c1-9(14)13-12(2,11(15)16)17-8-10-6-4-3-5-7-10/h3-7H,8H2,1-2H3,(H,13,14)(H,15,16). The van der Waals surface area contributed by atoms with E-state index in [9.17, 15) is 9.59 Å². The Balaban J connectivity index is 2.68. The van der Waals surface area contributed by atoms with Crippen LogP contribution in [0.2, 0.25) is 0 Å². The largest absolute Gasteiger partial charge is 0.479 e. The number of nitrogens with one attached hydrogen (secondary N) is 1. The Hall–Kier alpha value is -1.49. The van der Waals surface area contributed by atoms with Crippen LogP contribution in [-0.4, -0.2) is 21.9 Å². The summed E-state index contributed by atoms with van der Waals surface area (Å²) < 4.78 is 0. The molecule has 5 heteroatoms. The smallest absolute Gasteiger partial charge is 0.339 e. The van der Waals surface area contributed by atoms with Crippen molar-refractivity contribution in [2.24, 2.45) is 0 Å². The van der Waals surface area contributed by atoms with Crippen LogP contribution in [-0.2, 0) is 15.3 Å². The van der Waals surface area contributed by atoms with Gasteiger partial charge in [-0.1, -0.05) is 30.3 Å². The number of amides is 1. The third kappa shape index (κ3) is 4.11. The van der Waals surface area contributed by atoms with Gasteiger partial charge in [0.25, 0.3) is 0 Å². The van der Waals surface area contributed by atoms with Gasteiger partial charge in [-0.05, 0) is 12.5 Å². The van der Waals surface area contributed by atoms with E-state index in [1.54, 1.807) is 0 Å². The maximum Gasteiger partial charge on any atom is 0.339 e. The first-order valence-electron chi connectivity index (χ1n) is 5.14. The van der Waals surface area contributed by atoms with Gasteiger partial charge in [0.15, 0.2) is 4.87 Å². The summed E-state index contributed by atoms with van der Waals surface area (Å²) in [4.78, 5) is 20.8. The molecule has 1 amide bonds. The number of thioether (sulfide) groups is 1. The van der Waals surface area contributed by atoms with Crippen molar-refractivity contribution in [1.82, 2.24) is 5.32 Å². The van der Waals surface area contributed by atoms with Gasteiger partial charge in [-0.25, -0.2) is 4.79 Å². The number of rotatable bonds is 5. The summed E-state index contributed by atoms with van der Waals surface area (Å²) in [5.41, 5.74) is 1.02. The summed E-state index contributed by atoms with van der Waals surface area (Å²) in [5.74, 6) is -0.867. The quantitative estimate of drug-likeness (QED) is 0.786. The zero-order valence-corrected chi connectivity index (χ0v) is 10.6. The monoisotopic (exact) mass is 253 g/mol. The molecular weight excluding hydrogens is 238 g/mol. The van der Waals surface area contributed by atoms with Gasteiger partial charge in [-0.15, -0.1) is 11.8 Å². The van der Waals surface area contributed by atoms with E-state index in [4.69, 9.17) is 5.11 Å². The molecule has 17 heavy (non-hydrogen) atoms. The van der Waals surface area contributed by atoms with Crippen molar-refractivity contribution in [2.75, 3.05) is 0 Å². The highest BCUT2D eigenvalue weighted by atomic mass is 32.2. The van der Waals surface area contributed by atoms with Crippen LogP contribution in [0.15, 0.2) is 30.3 Å². The lowest BCUT2D eigenvalue weighted by Gasteiger charge is -2.24. The van der Waals surface area contributed by atoms with E-state index in [1.807, 2.05) is 30.3 Å². The number of carboxylic acids is 1. The summed E-state index contributed by atoms with van der Waals surface area (Å²) in [6.07, 6.45) is 0. The van der Waals surface area contributed by atoms with Gasteiger partial charge >= 0.3 is 5.97 Å². The fourth-order valence-electron chi connectivity index (χ4n) is 1.29. The van der Waals surface area contributed by atoms with Crippen molar-refractivity contribution in [2.45, 2.75) is 24.5 Å². The molecule has 0 radical (unpaired) electrons. The van der Waals surface area contributed by atoms with E-state index in [1.165, 1.54) is 25.6 Å². The summed E-state index contributed by atoms with van der Waals surface area (Å²) in [6, 6.07) is 9.53. The molecule has 0 aromatic heterocycles. The Kier molecular flexibility index (Phi) is 4.57. The third-order valence-corrected chi connectivity index (χ3v) is 3.52. The molecule has 1 rings (SSSR count). The van der Waals surface area contributed by atoms with E-state index in [0.717, 1.165) is 5.56 Å². The van der Waals surface area contributed by atoms with Crippen molar-refractivity contribution in [1.29, 1.82) is 0 Å². The van der Waals surface area contributed by atoms with E-state index >= 15 is 0 Å². The molecule has 0 saturated heterocycles. The summed E-state index contributed by atoms with van der Waals surface area (Å²) in [5, 5.41) is 11.6. The fourth-order valence-corrected chi connectivity index (χ4v) is 2.28. The average Bonchev–Trinajstić information content (AvgIpc) is 2.27. The molecule has 92 valence electrons. The van der Waals surface area contributed by atoms with Gasteiger partial charge in [0, 0.05) is 12.7 Å². The highest BCUT2D eigenvalue weighted by Crippen LogP contribution is 2.26. The first kappa shape index (κ1) is 13.6. The van der Waals surface area contributed by atoms with Crippen molar-refractivity contribution in [3.05, 3.63) is 35.9 Å². The van der Waals surface area contributed by atoms with Crippen LogP contribution in [0, 0.1) is 0 Å². The van der Waals surface area contributed by atoms with Crippen LogP contribution in [0.1, 0.15) is 19.4 Å². The topological polar surface area (TPSA) is 66.4 Å². The van der Waals surface area contributed by atoms with Gasteiger partial charge in [0.2, 0.25) is 5.91 Å². The Morgan fingerprint density at radius 1 is 1.35 bits per heavy atom. The van der Waals surface area contributed by atoms with Crippen LogP contribution >= 0.6 is 11.8 Å². The number of benzene rings is 1. The zero-order chi connectivity index (χ0) is 12.9. The number of aliphatic carboxylic acids is 1. The predicted molar refractivity (Wildman–Crippen MR) is 67.6 cm³/mol. The molecule has 2 N–H and O–H groups in total. The summed E-state index contributed by atoms with van der Waals surface area (Å²) in [6.45, 7) is 2.80. The molecule has 4 nitrogen and oxygen atoms in total. The van der Waals surface area contributed by atoms with Gasteiger partial charge < -0.3 is 10.4 Å². The first-order valence-corrected chi connectivity index (χ1v) is 6.12. The van der Waals surface area contributed by atoms with Crippen LogP contribution in [0.25, 0.3) is 0 Å². The van der Waals surface area contributed by atoms with Crippen molar-refractivity contribution in [3.63, 3.8) is 0 Å². The van der Waals surface area contributed by atoms with Gasteiger partial charge in [0.05, 0.1) is 0 Å². The number of carbonyl (C=O) groups is 2. The van der Waals surface area contributed by atoms with Gasteiger partial charge in [-0.2, -0.15) is 0 Å². The second-order valence-electron chi connectivity index (χ2n) is 3.79. The number of carboxylic acid groups (broad SMARTS) is 1. The molecule has 1 unspecified atom stereocenters. The van der Waals surface area contributed by atoms with Gasteiger partial charge in [0.1, 0.15) is 0 Å². The average molecular weight is 253 g/mol. The Labute approximate surface area is 104 Å². The van der Waals surface area contributed by atoms with E-state index in [2.05, 4.69) is 5.32 Å². The zero-order valence-electron chi connectivity index (χ0n) is 9.77. The van der Waals surface area contributed by atoms with Crippen LogP contribution < -0.4 is 5.32 Å². The fraction of sp³-hybridized carbons (Fsp3) is 0.333. The molecule has 0 spiro atoms. The maximum atomic E-state index is 11.1. The van der Waals surface area contributed by atoms with E-state index in [0.29, 0.717) is 5.75 Å². The van der Waals surface area contributed by atoms with Crippen molar-refractivity contribution < 1.29 is 14.7 Å². The molecule has 0 saturated carbocycles. The number of carbonyl (C=O) groups excluding carboxylic acids is 1. The molecule has 0 heterocycles. The lowest BCUT2D eigenvalue weighted by Crippen LogP contribution is -2.48. The Morgan fingerprint density at radius 3 is 2.41 bits per heavy atom. The molecule has 1 aromatic rings. The minimum Gasteiger partial charge on any atom is -0.479 e. The summed E-state index contributed by atoms with van der Waals surface area (Å²) in [7, 11) is 0. The van der Waals surface area contributed by atoms with Crippen LogP contribution in [0.5, 0.6) is 0 Å². The molecule has 1 aromatic carbocycles. The maximum absolute atomic E-state index is 11.1. The molecule has 0 aliphatic carbocycles. The second-order valence-corrected chi connectivity index (χ2v) is 5.19. The van der Waals surface area contributed by atoms with Crippen molar-refractivity contribution in [3.8, 4) is 0 Å². The predicted octanol–water partition coefficient (Wildman–Crippen LogP) is 1.86. The molecule has 0 bridgehead atoms. The number of hydrogen-bond donors (Lipinski definition) is 2. The summed E-state index contributed by atoms with van der Waals surface area (Å²) >= 11 is 1.18. The minimum atomic E-state index is -1.29. The van der Waals surface area contributed by atoms with Crippen molar-refractivity contribution >= 4 is 23.6 Å². The van der Waals surface area contributed by atoms with Gasteiger partial charge in [-0.3, -0.25) is 4.79 Å². The van der Waals surface area contributed by atoms with Crippen LogP contribution in [0.3, 0.4) is 0 Å². The lowest BCUT2D eigenvalue weighted by molar-refractivity contribution is -0.142. The van der Waals surface area contributed by atoms with E-state index < -0.39 is 10.8 Å². The first-order chi connectivity index (χ1) is 7.94. The van der Waals surface area contributed by atoms with Crippen LogP contribution in [0.4, 0.5) is 0 Å². The lowest BCUT2D eigenvalue weighted by atomic mass is 10.2. The Bertz CT molecular complexity index is 407. The normalized spacial score (nSPS) is 13.8. The van der Waals surface area contributed by atoms with E-state index in [-0.39, 0.29) is 5.91 Å². The molecular formula is C12H15NO3S. The molecule has 0 aliphatic heterocycles. The highest BCUT2D eigenvalue weighted by Gasteiger charge is 2.34. The molecule has 1 atom stereocenters. The highest BCUT2D eigenvalue weighted by molar-refractivity contribution is 8.00. The molecule has 0 aliphatic rings. The SMILES string of the molecule is CC(=O)NC(C)(SCc1ccccc1)C(=O)O. The Morgan fingerprint density at radius 2 is 1.94 bits per heavy atom. The molecule has 0 fully saturated rings. The second kappa shape index (κ2) is 5.72. The number of hydrogen-bond acceptors (Lipinski definition) is 3. The minimum absolute atomic E-state index is 0.351. The third-order valence-electron chi connectivity index (χ3n) is 2.19.